The normalized spacial score (nSPS) is 15.0. The molecule has 1 saturated heterocycles. The van der Waals surface area contributed by atoms with E-state index in [0.29, 0.717) is 28.8 Å². The molecule has 1 aliphatic heterocycles. The Labute approximate surface area is 162 Å². The number of morpholine rings is 1. The molecule has 0 aliphatic carbocycles. The second-order valence-electron chi connectivity index (χ2n) is 6.25. The summed E-state index contributed by atoms with van der Waals surface area (Å²) in [7, 11) is 0. The van der Waals surface area contributed by atoms with Gasteiger partial charge in [0, 0.05) is 31.7 Å². The zero-order valence-corrected chi connectivity index (χ0v) is 16.4. The predicted molar refractivity (Wildman–Crippen MR) is 104 cm³/mol. The number of nitrogens with one attached hydrogen (secondary N) is 1. The summed E-state index contributed by atoms with van der Waals surface area (Å²) in [5.74, 6) is 0.623. The minimum absolute atomic E-state index is 0.0388. The molecule has 3 rings (SSSR count). The quantitative estimate of drug-likeness (QED) is 0.782. The maximum Gasteiger partial charge on any atom is 0.261 e. The average Bonchev–Trinajstić information content (AvgIpc) is 3.12. The van der Waals surface area contributed by atoms with Gasteiger partial charge in [-0.15, -0.1) is 11.3 Å². The largest absolute Gasteiger partial charge is 0.487 e. The molecule has 0 saturated carbocycles. The van der Waals surface area contributed by atoms with Gasteiger partial charge in [-0.05, 0) is 36.1 Å². The van der Waals surface area contributed by atoms with Crippen LogP contribution < -0.4 is 10.1 Å². The Morgan fingerprint density at radius 1 is 1.35 bits per heavy atom. The molecule has 0 radical (unpaired) electrons. The highest BCUT2D eigenvalue weighted by atomic mass is 35.5. The van der Waals surface area contributed by atoms with Crippen LogP contribution >= 0.6 is 22.9 Å². The van der Waals surface area contributed by atoms with Crippen LogP contribution in [-0.2, 0) is 11.3 Å². The first-order valence-corrected chi connectivity index (χ1v) is 9.92. The van der Waals surface area contributed by atoms with Gasteiger partial charge in [0.1, 0.15) is 12.4 Å². The Morgan fingerprint density at radius 2 is 2.15 bits per heavy atom. The first-order chi connectivity index (χ1) is 12.6. The Morgan fingerprint density at radius 3 is 2.96 bits per heavy atom. The van der Waals surface area contributed by atoms with Gasteiger partial charge in [-0.1, -0.05) is 17.7 Å². The van der Waals surface area contributed by atoms with E-state index >= 15 is 0 Å². The van der Waals surface area contributed by atoms with Crippen molar-refractivity contribution in [3.05, 3.63) is 50.7 Å². The average molecular weight is 395 g/mol. The second kappa shape index (κ2) is 9.37. The maximum atomic E-state index is 12.3. The van der Waals surface area contributed by atoms with Crippen molar-refractivity contribution in [2.75, 3.05) is 39.4 Å². The molecule has 1 aromatic heterocycles. The third-order valence-corrected chi connectivity index (χ3v) is 5.47. The summed E-state index contributed by atoms with van der Waals surface area (Å²) in [5.41, 5.74) is 2.06. The lowest BCUT2D eigenvalue weighted by molar-refractivity contribution is 0.0383. The number of carbonyl (C=O) groups is 1. The van der Waals surface area contributed by atoms with Crippen LogP contribution in [0.2, 0.25) is 5.02 Å². The van der Waals surface area contributed by atoms with Crippen molar-refractivity contribution in [1.82, 2.24) is 10.2 Å². The molecule has 0 spiro atoms. The molecule has 0 atom stereocenters. The summed E-state index contributed by atoms with van der Waals surface area (Å²) >= 11 is 7.57. The molecule has 0 unspecified atom stereocenters. The number of rotatable bonds is 7. The van der Waals surface area contributed by atoms with E-state index in [0.717, 1.165) is 44.0 Å². The lowest BCUT2D eigenvalue weighted by Crippen LogP contribution is -2.41. The zero-order chi connectivity index (χ0) is 18.4. The number of hydrogen-bond donors (Lipinski definition) is 1. The predicted octanol–water partition coefficient (Wildman–Crippen LogP) is 3.35. The summed E-state index contributed by atoms with van der Waals surface area (Å²) in [6, 6.07) is 7.55. The second-order valence-corrected chi connectivity index (χ2v) is 7.57. The van der Waals surface area contributed by atoms with E-state index in [1.807, 2.05) is 36.6 Å². The molecule has 7 heteroatoms. The smallest absolute Gasteiger partial charge is 0.261 e. The Balaban J connectivity index is 1.46. The van der Waals surface area contributed by atoms with Crippen molar-refractivity contribution in [2.24, 2.45) is 0 Å². The van der Waals surface area contributed by atoms with Gasteiger partial charge in [-0.25, -0.2) is 0 Å². The highest BCUT2D eigenvalue weighted by Gasteiger charge is 2.12. The van der Waals surface area contributed by atoms with E-state index in [1.54, 1.807) is 0 Å². The lowest BCUT2D eigenvalue weighted by Gasteiger charge is -2.26. The third-order valence-electron chi connectivity index (χ3n) is 4.18. The van der Waals surface area contributed by atoms with Crippen LogP contribution in [0.1, 0.15) is 20.8 Å². The van der Waals surface area contributed by atoms with Gasteiger partial charge in [-0.2, -0.15) is 0 Å². The van der Waals surface area contributed by atoms with Crippen molar-refractivity contribution in [2.45, 2.75) is 13.5 Å². The molecule has 0 bridgehead atoms. The third kappa shape index (κ3) is 5.45. The Bertz CT molecular complexity index is 744. The fourth-order valence-electron chi connectivity index (χ4n) is 2.69. The van der Waals surface area contributed by atoms with Gasteiger partial charge in [0.2, 0.25) is 0 Å². The molecule has 140 valence electrons. The minimum atomic E-state index is -0.0388. The standard InChI is InChI=1S/C19H23ClN2O3S/c1-14-2-3-16(20)17(10-14)25-12-15-11-18(26-13-15)19(23)21-4-5-22-6-8-24-9-7-22/h2-3,10-11,13H,4-9,12H2,1H3,(H,21,23). The maximum absolute atomic E-state index is 12.3. The number of halogens is 1. The highest BCUT2D eigenvalue weighted by Crippen LogP contribution is 2.26. The number of ether oxygens (including phenoxy) is 2. The fourth-order valence-corrected chi connectivity index (χ4v) is 3.68. The van der Waals surface area contributed by atoms with Gasteiger partial charge in [0.25, 0.3) is 5.91 Å². The molecule has 1 N–H and O–H groups in total. The van der Waals surface area contributed by atoms with Gasteiger partial charge in [-0.3, -0.25) is 9.69 Å². The summed E-state index contributed by atoms with van der Waals surface area (Å²) in [6.45, 7) is 7.27. The summed E-state index contributed by atoms with van der Waals surface area (Å²) in [4.78, 5) is 15.3. The van der Waals surface area contributed by atoms with Gasteiger partial charge in [0.15, 0.2) is 0 Å². The van der Waals surface area contributed by atoms with Crippen LogP contribution in [0.15, 0.2) is 29.6 Å². The molecular weight excluding hydrogens is 372 g/mol. The molecular formula is C19H23ClN2O3S. The molecule has 1 aliphatic rings. The summed E-state index contributed by atoms with van der Waals surface area (Å²) in [6.07, 6.45) is 0. The number of thiophene rings is 1. The number of aryl methyl sites for hydroxylation is 1. The molecule has 26 heavy (non-hydrogen) atoms. The number of carbonyl (C=O) groups excluding carboxylic acids is 1. The van der Waals surface area contributed by atoms with E-state index in [-0.39, 0.29) is 5.91 Å². The van der Waals surface area contributed by atoms with E-state index in [1.165, 1.54) is 11.3 Å². The first kappa shape index (κ1) is 19.2. The summed E-state index contributed by atoms with van der Waals surface area (Å²) < 4.78 is 11.1. The van der Waals surface area contributed by atoms with Crippen LogP contribution in [0.4, 0.5) is 0 Å². The molecule has 5 nitrogen and oxygen atoms in total. The number of nitrogens with zero attached hydrogens (tertiary/aromatic N) is 1. The van der Waals surface area contributed by atoms with E-state index in [4.69, 9.17) is 21.1 Å². The van der Waals surface area contributed by atoms with Gasteiger partial charge in [0.05, 0.1) is 23.1 Å². The van der Waals surface area contributed by atoms with Crippen molar-refractivity contribution in [3.8, 4) is 5.75 Å². The molecule has 2 heterocycles. The van der Waals surface area contributed by atoms with E-state index in [2.05, 4.69) is 10.2 Å². The monoisotopic (exact) mass is 394 g/mol. The van der Waals surface area contributed by atoms with Crippen molar-refractivity contribution < 1.29 is 14.3 Å². The van der Waals surface area contributed by atoms with Crippen LogP contribution in [0.25, 0.3) is 0 Å². The van der Waals surface area contributed by atoms with Crippen molar-refractivity contribution >= 4 is 28.8 Å². The first-order valence-electron chi connectivity index (χ1n) is 8.66. The van der Waals surface area contributed by atoms with Crippen molar-refractivity contribution in [3.63, 3.8) is 0 Å². The molecule has 1 amide bonds. The number of benzene rings is 1. The topological polar surface area (TPSA) is 50.8 Å². The number of hydrogen-bond acceptors (Lipinski definition) is 5. The fraction of sp³-hybridized carbons (Fsp3) is 0.421. The molecule has 1 aromatic carbocycles. The van der Waals surface area contributed by atoms with Crippen LogP contribution in [0, 0.1) is 6.92 Å². The highest BCUT2D eigenvalue weighted by molar-refractivity contribution is 7.12. The SMILES string of the molecule is Cc1ccc(Cl)c(OCc2csc(C(=O)NCCN3CCOCC3)c2)c1. The van der Waals surface area contributed by atoms with Crippen LogP contribution in [-0.4, -0.2) is 50.2 Å². The minimum Gasteiger partial charge on any atom is -0.487 e. The van der Waals surface area contributed by atoms with Crippen LogP contribution in [0.3, 0.4) is 0 Å². The van der Waals surface area contributed by atoms with Crippen molar-refractivity contribution in [1.29, 1.82) is 0 Å². The van der Waals surface area contributed by atoms with E-state index < -0.39 is 0 Å². The Kier molecular flexibility index (Phi) is 6.91. The number of amides is 1. The zero-order valence-electron chi connectivity index (χ0n) is 14.8. The molecule has 1 fully saturated rings. The van der Waals surface area contributed by atoms with Crippen LogP contribution in [0.5, 0.6) is 5.75 Å². The van der Waals surface area contributed by atoms with Gasteiger partial charge >= 0.3 is 0 Å². The summed E-state index contributed by atoms with van der Waals surface area (Å²) in [5, 5.41) is 5.51. The van der Waals surface area contributed by atoms with E-state index in [9.17, 15) is 4.79 Å². The Hall–Kier alpha value is -1.60. The lowest BCUT2D eigenvalue weighted by atomic mass is 10.2. The molecule has 2 aromatic rings. The van der Waals surface area contributed by atoms with Gasteiger partial charge < -0.3 is 14.8 Å².